The fourth-order valence-electron chi connectivity index (χ4n) is 3.15. The minimum absolute atomic E-state index is 0.145. The summed E-state index contributed by atoms with van der Waals surface area (Å²) in [5.41, 5.74) is -0.786. The molecule has 1 N–H and O–H groups in total. The Morgan fingerprint density at radius 3 is 2.60 bits per heavy atom. The molecule has 0 bridgehead atoms. The second kappa shape index (κ2) is 7.27. The van der Waals surface area contributed by atoms with Crippen molar-refractivity contribution in [3.8, 4) is 5.75 Å². The molecule has 1 aromatic carbocycles. The van der Waals surface area contributed by atoms with E-state index in [4.69, 9.17) is 9.15 Å². The minimum Gasteiger partial charge on any atom is -0.486 e. The zero-order valence-corrected chi connectivity index (χ0v) is 14.2. The third-order valence-electron chi connectivity index (χ3n) is 4.48. The molecule has 0 aliphatic heterocycles. The van der Waals surface area contributed by atoms with Crippen LogP contribution >= 0.6 is 0 Å². The summed E-state index contributed by atoms with van der Waals surface area (Å²) in [5, 5.41) is 10.4. The molecule has 134 valence electrons. The zero-order chi connectivity index (χ0) is 17.9. The van der Waals surface area contributed by atoms with E-state index in [1.807, 2.05) is 0 Å². The van der Waals surface area contributed by atoms with Crippen LogP contribution in [0.4, 0.5) is 4.39 Å². The van der Waals surface area contributed by atoms with Gasteiger partial charge in [0.15, 0.2) is 5.76 Å². The molecule has 1 aliphatic carbocycles. The van der Waals surface area contributed by atoms with E-state index in [0.29, 0.717) is 18.1 Å². The summed E-state index contributed by atoms with van der Waals surface area (Å²) in [4.78, 5) is 13.9. The van der Waals surface area contributed by atoms with Crippen molar-refractivity contribution in [1.82, 2.24) is 4.90 Å². The van der Waals surface area contributed by atoms with Gasteiger partial charge in [-0.15, -0.1) is 0 Å². The highest BCUT2D eigenvalue weighted by molar-refractivity contribution is 5.91. The maximum atomic E-state index is 12.9. The van der Waals surface area contributed by atoms with Crippen LogP contribution in [0.25, 0.3) is 0 Å². The van der Waals surface area contributed by atoms with Crippen molar-refractivity contribution in [2.75, 3.05) is 13.6 Å². The maximum Gasteiger partial charge on any atom is 0.289 e. The van der Waals surface area contributed by atoms with Crippen LogP contribution in [0.1, 0.15) is 42.0 Å². The van der Waals surface area contributed by atoms with Crippen LogP contribution in [0.15, 0.2) is 40.8 Å². The molecule has 1 heterocycles. The van der Waals surface area contributed by atoms with Gasteiger partial charge in [0.05, 0.1) is 5.60 Å². The number of furan rings is 1. The van der Waals surface area contributed by atoms with Gasteiger partial charge in [0.2, 0.25) is 0 Å². The number of hydrogen-bond acceptors (Lipinski definition) is 4. The van der Waals surface area contributed by atoms with Gasteiger partial charge in [-0.1, -0.05) is 12.8 Å². The molecule has 1 fully saturated rings. The Hall–Kier alpha value is -2.34. The molecule has 5 nitrogen and oxygen atoms in total. The van der Waals surface area contributed by atoms with Crippen LogP contribution in [0.5, 0.6) is 5.75 Å². The molecule has 0 spiro atoms. The lowest BCUT2D eigenvalue weighted by atomic mass is 10.0. The molecule has 2 aromatic rings. The number of carbonyl (C=O) groups excluding carboxylic acids is 1. The summed E-state index contributed by atoms with van der Waals surface area (Å²) in [6, 6.07) is 8.96. The fraction of sp³-hybridized carbons (Fsp3) is 0.421. The summed E-state index contributed by atoms with van der Waals surface area (Å²) < 4.78 is 23.9. The average molecular weight is 347 g/mol. The minimum atomic E-state index is -0.786. The van der Waals surface area contributed by atoms with Crippen LogP contribution in [0.2, 0.25) is 0 Å². The number of nitrogens with zero attached hydrogens (tertiary/aromatic N) is 1. The van der Waals surface area contributed by atoms with Crippen LogP contribution in [0, 0.1) is 5.82 Å². The number of hydrogen-bond donors (Lipinski definition) is 1. The largest absolute Gasteiger partial charge is 0.486 e. The first kappa shape index (κ1) is 17.5. The highest BCUT2D eigenvalue weighted by Crippen LogP contribution is 2.30. The molecular formula is C19H22FNO4. The fourth-order valence-corrected chi connectivity index (χ4v) is 3.15. The van der Waals surface area contributed by atoms with Crippen LogP contribution in [0.3, 0.4) is 0 Å². The number of likely N-dealkylation sites (N-methyl/N-ethyl adjacent to an activating group) is 1. The van der Waals surface area contributed by atoms with E-state index >= 15 is 0 Å². The number of rotatable bonds is 6. The van der Waals surface area contributed by atoms with Gasteiger partial charge in [-0.3, -0.25) is 4.79 Å². The van der Waals surface area contributed by atoms with Crippen molar-refractivity contribution in [2.24, 2.45) is 0 Å². The molecule has 0 atom stereocenters. The molecule has 6 heteroatoms. The number of carbonyl (C=O) groups is 1. The Balaban J connectivity index is 1.56. The second-order valence-electron chi connectivity index (χ2n) is 6.60. The van der Waals surface area contributed by atoms with Crippen molar-refractivity contribution < 1.29 is 23.4 Å². The van der Waals surface area contributed by atoms with E-state index in [-0.39, 0.29) is 24.1 Å². The van der Waals surface area contributed by atoms with Gasteiger partial charge in [-0.25, -0.2) is 4.39 Å². The van der Waals surface area contributed by atoms with Crippen LogP contribution in [-0.2, 0) is 6.61 Å². The maximum absolute atomic E-state index is 12.9. The first-order chi connectivity index (χ1) is 12.0. The lowest BCUT2D eigenvalue weighted by Crippen LogP contribution is -2.41. The molecule has 1 aliphatic rings. The Bertz CT molecular complexity index is 719. The van der Waals surface area contributed by atoms with Gasteiger partial charge in [0.1, 0.15) is 23.9 Å². The Morgan fingerprint density at radius 2 is 1.92 bits per heavy atom. The van der Waals surface area contributed by atoms with E-state index in [1.165, 1.54) is 29.2 Å². The molecular weight excluding hydrogens is 325 g/mol. The summed E-state index contributed by atoms with van der Waals surface area (Å²) in [5.74, 6) is 0.632. The molecule has 3 rings (SSSR count). The Labute approximate surface area is 146 Å². The monoisotopic (exact) mass is 347 g/mol. The second-order valence-corrected chi connectivity index (χ2v) is 6.60. The van der Waals surface area contributed by atoms with Gasteiger partial charge in [0, 0.05) is 13.6 Å². The van der Waals surface area contributed by atoms with Crippen molar-refractivity contribution in [2.45, 2.75) is 37.9 Å². The van der Waals surface area contributed by atoms with Crippen molar-refractivity contribution in [3.63, 3.8) is 0 Å². The molecule has 25 heavy (non-hydrogen) atoms. The van der Waals surface area contributed by atoms with Crippen molar-refractivity contribution in [3.05, 3.63) is 53.7 Å². The van der Waals surface area contributed by atoms with Crippen LogP contribution in [-0.4, -0.2) is 35.1 Å². The van der Waals surface area contributed by atoms with E-state index < -0.39 is 5.60 Å². The predicted octanol–water partition coefficient (Wildman–Crippen LogP) is 3.37. The lowest BCUT2D eigenvalue weighted by molar-refractivity contribution is 0.0145. The average Bonchev–Trinajstić information content (AvgIpc) is 3.23. The first-order valence-corrected chi connectivity index (χ1v) is 8.40. The van der Waals surface area contributed by atoms with E-state index in [9.17, 15) is 14.3 Å². The lowest BCUT2D eigenvalue weighted by Gasteiger charge is -2.28. The highest BCUT2D eigenvalue weighted by atomic mass is 19.1. The Morgan fingerprint density at radius 1 is 1.24 bits per heavy atom. The quantitative estimate of drug-likeness (QED) is 0.870. The Kier molecular flexibility index (Phi) is 5.08. The topological polar surface area (TPSA) is 62.9 Å². The number of aliphatic hydroxyl groups is 1. The number of ether oxygens (including phenoxy) is 1. The third-order valence-corrected chi connectivity index (χ3v) is 4.48. The smallest absolute Gasteiger partial charge is 0.289 e. The van der Waals surface area contributed by atoms with Gasteiger partial charge in [-0.2, -0.15) is 0 Å². The molecule has 0 radical (unpaired) electrons. The molecule has 0 unspecified atom stereocenters. The van der Waals surface area contributed by atoms with Gasteiger partial charge >= 0.3 is 0 Å². The molecule has 1 saturated carbocycles. The third kappa shape index (κ3) is 4.39. The summed E-state index contributed by atoms with van der Waals surface area (Å²) in [6.45, 7) is 0.445. The summed E-state index contributed by atoms with van der Waals surface area (Å²) in [7, 11) is 1.66. The molecule has 1 amide bonds. The van der Waals surface area contributed by atoms with Gasteiger partial charge in [0.25, 0.3) is 5.91 Å². The van der Waals surface area contributed by atoms with E-state index in [0.717, 1.165) is 25.7 Å². The van der Waals surface area contributed by atoms with Gasteiger partial charge in [-0.05, 0) is 49.2 Å². The van der Waals surface area contributed by atoms with Crippen molar-refractivity contribution >= 4 is 5.91 Å². The normalized spacial score (nSPS) is 16.0. The standard InChI is InChI=1S/C19H22FNO4/c1-21(13-19(23)10-2-3-11-19)18(22)17-9-8-16(25-17)12-24-15-6-4-14(20)5-7-15/h4-9,23H,2-3,10-13H2,1H3. The number of halogens is 1. The molecule has 1 aromatic heterocycles. The summed E-state index contributed by atoms with van der Waals surface area (Å²) >= 11 is 0. The zero-order valence-electron chi connectivity index (χ0n) is 14.2. The predicted molar refractivity (Wildman–Crippen MR) is 89.8 cm³/mol. The van der Waals surface area contributed by atoms with E-state index in [1.54, 1.807) is 19.2 Å². The van der Waals surface area contributed by atoms with Crippen LogP contribution < -0.4 is 4.74 Å². The van der Waals surface area contributed by atoms with Crippen molar-refractivity contribution in [1.29, 1.82) is 0 Å². The van der Waals surface area contributed by atoms with Gasteiger partial charge < -0.3 is 19.2 Å². The summed E-state index contributed by atoms with van der Waals surface area (Å²) in [6.07, 6.45) is 3.42. The number of benzene rings is 1. The SMILES string of the molecule is CN(CC1(O)CCCC1)C(=O)c1ccc(COc2ccc(F)cc2)o1. The van der Waals surface area contributed by atoms with E-state index in [2.05, 4.69) is 0 Å². The number of amides is 1. The molecule has 0 saturated heterocycles. The highest BCUT2D eigenvalue weighted by Gasteiger charge is 2.34. The first-order valence-electron chi connectivity index (χ1n) is 8.40.